The van der Waals surface area contributed by atoms with Crippen molar-refractivity contribution in [3.63, 3.8) is 0 Å². The number of hydrogen-bond donors (Lipinski definition) is 14. The van der Waals surface area contributed by atoms with Crippen molar-refractivity contribution in [1.82, 2.24) is 0 Å². The maximum Gasteiger partial charge on any atom is 0.331 e. The minimum absolute atomic E-state index is 0.0203. The molecule has 354 valence electrons. The fourth-order valence-electron chi connectivity index (χ4n) is 7.43. The van der Waals surface area contributed by atoms with E-state index < -0.39 is 140 Å². The van der Waals surface area contributed by atoms with Crippen LogP contribution in [0.25, 0.3) is 12.2 Å². The normalized spacial score (nSPS) is 34.8. The topological polar surface area (TPSA) is 374 Å². The van der Waals surface area contributed by atoms with Crippen LogP contribution >= 0.6 is 0 Å². The zero-order chi connectivity index (χ0) is 47.0. The molecule has 0 amide bonds. The molecule has 3 fully saturated rings. The Morgan fingerprint density at radius 1 is 0.677 bits per heavy atom. The number of aliphatic hydroxyl groups excluding tert-OH is 9. The lowest BCUT2D eigenvalue weighted by molar-refractivity contribution is -0.325. The van der Waals surface area contributed by atoms with E-state index in [-0.39, 0.29) is 34.1 Å². The lowest BCUT2D eigenvalue weighted by Crippen LogP contribution is -2.61. The fraction of sp³-hybridized carbons (Fsp3) is 0.452. The molecule has 0 spiro atoms. The second kappa shape index (κ2) is 19.5. The molecule has 0 radical (unpaired) electrons. The minimum Gasteiger partial charge on any atom is -0.508 e. The van der Waals surface area contributed by atoms with Gasteiger partial charge in [0, 0.05) is 23.8 Å². The van der Waals surface area contributed by atoms with Crippen molar-refractivity contribution in [2.24, 2.45) is 0 Å². The van der Waals surface area contributed by atoms with Crippen LogP contribution in [-0.4, -0.2) is 183 Å². The van der Waals surface area contributed by atoms with Gasteiger partial charge in [-0.05, 0) is 48.9 Å². The second-order valence-corrected chi connectivity index (χ2v) is 15.6. The molecule has 4 heterocycles. The number of phenolic OH excluding ortho intramolecular Hbond substituents is 5. The summed E-state index contributed by atoms with van der Waals surface area (Å²) < 4.78 is 46.0. The fourth-order valence-corrected chi connectivity index (χ4v) is 7.43. The monoisotopic (exact) mass is 920 g/mol. The van der Waals surface area contributed by atoms with E-state index in [1.54, 1.807) is 0 Å². The van der Waals surface area contributed by atoms with Gasteiger partial charge in [-0.25, -0.2) is 4.79 Å². The highest BCUT2D eigenvalue weighted by Gasteiger charge is 2.50. The summed E-state index contributed by atoms with van der Waals surface area (Å²) in [7, 11) is 0. The average Bonchev–Trinajstić information content (AvgIpc) is 3.27. The van der Waals surface area contributed by atoms with Crippen LogP contribution in [-0.2, 0) is 33.2 Å². The number of rotatable bonds is 12. The van der Waals surface area contributed by atoms with Gasteiger partial charge in [0.15, 0.2) is 35.7 Å². The highest BCUT2D eigenvalue weighted by molar-refractivity contribution is 5.87. The van der Waals surface area contributed by atoms with E-state index in [1.165, 1.54) is 43.3 Å². The third-order valence-electron chi connectivity index (χ3n) is 11.0. The summed E-state index contributed by atoms with van der Waals surface area (Å²) in [6.07, 6.45) is -23.5. The molecule has 23 nitrogen and oxygen atoms in total. The Bertz CT molecular complexity index is 2190. The van der Waals surface area contributed by atoms with Gasteiger partial charge in [-0.15, -0.1) is 0 Å². The first-order valence-corrected chi connectivity index (χ1v) is 20.0. The number of aliphatic hydroxyl groups is 9. The second-order valence-electron chi connectivity index (χ2n) is 15.6. The molecule has 3 aromatic rings. The van der Waals surface area contributed by atoms with E-state index in [0.717, 1.165) is 30.3 Å². The van der Waals surface area contributed by atoms with E-state index in [0.29, 0.717) is 5.56 Å². The number of fused-ring (bicyclic) bond motifs is 1. The first-order valence-electron chi connectivity index (χ1n) is 20.0. The summed E-state index contributed by atoms with van der Waals surface area (Å²) in [6, 6.07) is 10.0. The average molecular weight is 921 g/mol. The molecular formula is C42H48O23. The van der Waals surface area contributed by atoms with E-state index in [2.05, 4.69) is 0 Å². The summed E-state index contributed by atoms with van der Waals surface area (Å²) >= 11 is 0. The van der Waals surface area contributed by atoms with Crippen molar-refractivity contribution in [2.45, 2.75) is 105 Å². The lowest BCUT2D eigenvalue weighted by Gasteiger charge is -2.43. The number of benzene rings is 3. The van der Waals surface area contributed by atoms with Gasteiger partial charge in [-0.1, -0.05) is 12.1 Å². The molecule has 14 N–H and O–H groups in total. The minimum atomic E-state index is -2.02. The lowest BCUT2D eigenvalue weighted by atomic mass is 9.98. The van der Waals surface area contributed by atoms with Gasteiger partial charge in [-0.2, -0.15) is 0 Å². The molecule has 4 aliphatic heterocycles. The van der Waals surface area contributed by atoms with Crippen LogP contribution in [0.2, 0.25) is 0 Å². The number of aromatic hydroxyl groups is 5. The van der Waals surface area contributed by atoms with Gasteiger partial charge >= 0.3 is 5.97 Å². The van der Waals surface area contributed by atoms with Crippen molar-refractivity contribution >= 4 is 18.1 Å². The maximum absolute atomic E-state index is 12.6. The Morgan fingerprint density at radius 3 is 1.92 bits per heavy atom. The van der Waals surface area contributed by atoms with Gasteiger partial charge in [0.2, 0.25) is 12.6 Å². The molecule has 0 aliphatic carbocycles. The molecule has 0 saturated carbocycles. The van der Waals surface area contributed by atoms with E-state index >= 15 is 0 Å². The van der Waals surface area contributed by atoms with Crippen LogP contribution < -0.4 is 9.47 Å². The third-order valence-corrected chi connectivity index (χ3v) is 11.0. The Hall–Kier alpha value is -5.51. The number of esters is 1. The quantitative estimate of drug-likeness (QED) is 0.0521. The largest absolute Gasteiger partial charge is 0.508 e. The first-order chi connectivity index (χ1) is 30.8. The van der Waals surface area contributed by atoms with Crippen LogP contribution in [0, 0.1) is 0 Å². The smallest absolute Gasteiger partial charge is 0.331 e. The molecule has 4 aliphatic rings. The Morgan fingerprint density at radius 2 is 1.28 bits per heavy atom. The Kier molecular flexibility index (Phi) is 14.3. The van der Waals surface area contributed by atoms with Crippen molar-refractivity contribution < 1.29 is 114 Å². The van der Waals surface area contributed by atoms with Crippen molar-refractivity contribution in [3.05, 3.63) is 77.1 Å². The summed E-state index contributed by atoms with van der Waals surface area (Å²) in [5.74, 6) is -4.68. The third kappa shape index (κ3) is 10.0. The predicted molar refractivity (Wildman–Crippen MR) is 212 cm³/mol. The van der Waals surface area contributed by atoms with Crippen LogP contribution in [0.3, 0.4) is 0 Å². The first kappa shape index (κ1) is 47.5. The molecule has 0 bridgehead atoms. The van der Waals surface area contributed by atoms with Crippen LogP contribution in [0.15, 0.2) is 60.4 Å². The number of phenols is 5. The van der Waals surface area contributed by atoms with E-state index in [4.69, 9.17) is 37.9 Å². The van der Waals surface area contributed by atoms with Gasteiger partial charge < -0.3 is 109 Å². The van der Waals surface area contributed by atoms with Crippen molar-refractivity contribution in [3.8, 4) is 40.2 Å². The van der Waals surface area contributed by atoms with Gasteiger partial charge in [0.25, 0.3) is 0 Å². The number of carbonyl (C=O) groups excluding carboxylic acids is 1. The van der Waals surface area contributed by atoms with Crippen LogP contribution in [0.5, 0.6) is 40.2 Å². The molecule has 16 unspecified atom stereocenters. The molecule has 0 aromatic heterocycles. The molecular weight excluding hydrogens is 872 g/mol. The highest BCUT2D eigenvalue weighted by Crippen LogP contribution is 2.48. The van der Waals surface area contributed by atoms with E-state index in [1.807, 2.05) is 0 Å². The van der Waals surface area contributed by atoms with Gasteiger partial charge in [-0.3, -0.25) is 0 Å². The van der Waals surface area contributed by atoms with Gasteiger partial charge in [0.1, 0.15) is 89.8 Å². The number of hydrogen-bond acceptors (Lipinski definition) is 23. The standard InChI is InChI=1S/C42H48O23/c1-15-38(65-28(48)7-4-16-2-5-18(44)6-3-16)34(54)37(57)40(59-15)58-14-27-31(51)33(53)36(56)42(64-27)62-25-12-20-23(60-39(25)17-8-21(46)29(49)22(47)9-17)10-19(45)11-24(20)61-41-35(55)32(52)30(50)26(13-43)63-41/h2-12,15,26-27,30-47,49-57H,13-14H2,1H3. The van der Waals surface area contributed by atoms with Crippen LogP contribution in [0.1, 0.15) is 29.7 Å². The van der Waals surface area contributed by atoms with Crippen molar-refractivity contribution in [2.75, 3.05) is 13.2 Å². The molecule has 3 saturated heterocycles. The van der Waals surface area contributed by atoms with Crippen LogP contribution in [0.4, 0.5) is 0 Å². The Labute approximate surface area is 367 Å². The molecule has 7 rings (SSSR count). The summed E-state index contributed by atoms with van der Waals surface area (Å²) in [5.41, 5.74) is 0.382. The van der Waals surface area contributed by atoms with E-state index in [9.17, 15) is 76.3 Å². The molecule has 65 heavy (non-hydrogen) atoms. The maximum atomic E-state index is 12.6. The summed E-state index contributed by atoms with van der Waals surface area (Å²) in [4.78, 5) is 12.6. The zero-order valence-electron chi connectivity index (χ0n) is 33.9. The van der Waals surface area contributed by atoms with Gasteiger partial charge in [0.05, 0.1) is 24.9 Å². The van der Waals surface area contributed by atoms with Crippen molar-refractivity contribution in [1.29, 1.82) is 0 Å². The number of ether oxygens (including phenoxy) is 8. The SMILES string of the molecule is CC1OC(OCC2OC(OC3=Cc4c(cc(O)cc4OC4OC(CO)C(O)C(O)C4O)OC3c3cc(O)c(O)c(O)c3)C(O)C(O)C2O)C(O)C(O)C1OC(=O)C=Cc1ccc(O)cc1. The molecule has 16 atom stereocenters. The highest BCUT2D eigenvalue weighted by atomic mass is 16.7. The molecule has 3 aromatic carbocycles. The molecule has 23 heteroatoms. The summed E-state index contributed by atoms with van der Waals surface area (Å²) in [5, 5.41) is 147. The Balaban J connectivity index is 1.10. The number of carbonyl (C=O) groups is 1. The summed E-state index contributed by atoms with van der Waals surface area (Å²) in [6.45, 7) is -0.0553. The predicted octanol–water partition coefficient (Wildman–Crippen LogP) is -2.20. The zero-order valence-corrected chi connectivity index (χ0v) is 33.9.